The first-order valence-electron chi connectivity index (χ1n) is 6.93. The summed E-state index contributed by atoms with van der Waals surface area (Å²) in [4.78, 5) is 23.2. The Bertz CT molecular complexity index is 794. The summed E-state index contributed by atoms with van der Waals surface area (Å²) in [6.45, 7) is 0. The van der Waals surface area contributed by atoms with Crippen LogP contribution < -0.4 is 9.47 Å². The molecule has 0 saturated heterocycles. The zero-order valence-electron chi connectivity index (χ0n) is 13.1. The van der Waals surface area contributed by atoms with Gasteiger partial charge in [-0.25, -0.2) is 4.79 Å². The van der Waals surface area contributed by atoms with E-state index in [4.69, 9.17) is 26.2 Å². The van der Waals surface area contributed by atoms with Gasteiger partial charge in [0.05, 0.1) is 30.4 Å². The number of benzene rings is 2. The smallest absolute Gasteiger partial charge is 0.335 e. The van der Waals surface area contributed by atoms with Gasteiger partial charge < -0.3 is 14.6 Å². The zero-order valence-corrected chi connectivity index (χ0v) is 13.8. The molecule has 0 aromatic heterocycles. The highest BCUT2D eigenvalue weighted by atomic mass is 35.5. The van der Waals surface area contributed by atoms with Gasteiger partial charge in [-0.2, -0.15) is 0 Å². The molecule has 0 amide bonds. The maximum atomic E-state index is 12.4. The number of hydrogen-bond donors (Lipinski definition) is 1. The maximum Gasteiger partial charge on any atom is 0.335 e. The van der Waals surface area contributed by atoms with Crippen molar-refractivity contribution in [2.75, 3.05) is 14.2 Å². The van der Waals surface area contributed by atoms with E-state index in [1.54, 1.807) is 24.3 Å². The van der Waals surface area contributed by atoms with Gasteiger partial charge in [0.2, 0.25) is 0 Å². The van der Waals surface area contributed by atoms with Gasteiger partial charge >= 0.3 is 5.97 Å². The fraction of sp³-hybridized carbons (Fsp3) is 0.111. The summed E-state index contributed by atoms with van der Waals surface area (Å²) in [6, 6.07) is 9.20. The highest BCUT2D eigenvalue weighted by molar-refractivity contribution is 6.32. The van der Waals surface area contributed by atoms with Gasteiger partial charge in [0, 0.05) is 6.07 Å². The van der Waals surface area contributed by atoms with Crippen LogP contribution in [0.2, 0.25) is 5.02 Å². The van der Waals surface area contributed by atoms with Crippen LogP contribution in [0.25, 0.3) is 6.08 Å². The molecule has 0 aliphatic heterocycles. The highest BCUT2D eigenvalue weighted by Gasteiger charge is 2.14. The van der Waals surface area contributed by atoms with E-state index in [0.717, 1.165) is 0 Å². The molecule has 0 fully saturated rings. The van der Waals surface area contributed by atoms with Gasteiger partial charge in [-0.3, -0.25) is 4.79 Å². The number of ketones is 1. The van der Waals surface area contributed by atoms with Crippen LogP contribution in [0.5, 0.6) is 11.5 Å². The number of methoxy groups -OCH3 is 2. The molecular formula is C18H15ClO5. The lowest BCUT2D eigenvalue weighted by Crippen LogP contribution is -2.00. The second kappa shape index (κ2) is 7.66. The molecule has 124 valence electrons. The van der Waals surface area contributed by atoms with E-state index in [2.05, 4.69) is 0 Å². The number of ether oxygens (including phenoxy) is 2. The second-order valence-corrected chi connectivity index (χ2v) is 5.22. The summed E-state index contributed by atoms with van der Waals surface area (Å²) in [5.41, 5.74) is 1.19. The second-order valence-electron chi connectivity index (χ2n) is 4.81. The van der Waals surface area contributed by atoms with Crippen molar-refractivity contribution in [1.29, 1.82) is 0 Å². The molecule has 0 unspecified atom stereocenters. The lowest BCUT2D eigenvalue weighted by molar-refractivity contribution is 0.0696. The molecule has 0 bridgehead atoms. The standard InChI is InChI=1S/C18H15ClO5/c1-23-16-10-17(24-2)14(19)9-13(16)15(20)8-5-11-3-6-12(7-4-11)18(21)22/h3-10H,1-2H3,(H,21,22). The van der Waals surface area contributed by atoms with E-state index in [-0.39, 0.29) is 11.3 Å². The van der Waals surface area contributed by atoms with Crippen LogP contribution in [0.1, 0.15) is 26.3 Å². The van der Waals surface area contributed by atoms with E-state index in [0.29, 0.717) is 27.6 Å². The van der Waals surface area contributed by atoms with Gasteiger partial charge in [-0.1, -0.05) is 29.8 Å². The van der Waals surface area contributed by atoms with Gasteiger partial charge in [0.1, 0.15) is 11.5 Å². The molecular weight excluding hydrogens is 332 g/mol. The number of carboxylic acids is 1. The number of hydrogen-bond acceptors (Lipinski definition) is 4. The van der Waals surface area contributed by atoms with E-state index in [9.17, 15) is 9.59 Å². The van der Waals surface area contributed by atoms with Gasteiger partial charge in [-0.05, 0) is 29.8 Å². The molecule has 0 saturated carbocycles. The SMILES string of the molecule is COc1cc(OC)c(C(=O)C=Cc2ccc(C(=O)O)cc2)cc1Cl. The molecule has 0 aliphatic rings. The average molecular weight is 347 g/mol. The summed E-state index contributed by atoms with van der Waals surface area (Å²) in [5.74, 6) is -0.525. The Morgan fingerprint density at radius 1 is 1.04 bits per heavy atom. The van der Waals surface area contributed by atoms with Crippen LogP contribution in [-0.2, 0) is 0 Å². The minimum atomic E-state index is -1.00. The summed E-state index contributed by atoms with van der Waals surface area (Å²) in [7, 11) is 2.93. The summed E-state index contributed by atoms with van der Waals surface area (Å²) >= 11 is 6.05. The van der Waals surface area contributed by atoms with E-state index in [1.807, 2.05) is 0 Å². The molecule has 2 aromatic rings. The van der Waals surface area contributed by atoms with Crippen molar-refractivity contribution in [2.24, 2.45) is 0 Å². The topological polar surface area (TPSA) is 72.8 Å². The molecule has 0 atom stereocenters. The Labute approximate surface area is 144 Å². The largest absolute Gasteiger partial charge is 0.496 e. The van der Waals surface area contributed by atoms with Crippen molar-refractivity contribution in [3.05, 3.63) is 64.2 Å². The Kier molecular flexibility index (Phi) is 5.60. The Morgan fingerprint density at radius 3 is 2.21 bits per heavy atom. The minimum absolute atomic E-state index is 0.182. The van der Waals surface area contributed by atoms with Crippen LogP contribution in [0.3, 0.4) is 0 Å². The molecule has 6 heteroatoms. The average Bonchev–Trinajstić information content (AvgIpc) is 2.59. The molecule has 0 heterocycles. The Hall–Kier alpha value is -2.79. The third-order valence-corrected chi connectivity index (χ3v) is 3.62. The quantitative estimate of drug-likeness (QED) is 0.633. The third-order valence-electron chi connectivity index (χ3n) is 3.32. The number of allylic oxidation sites excluding steroid dienone is 1. The van der Waals surface area contributed by atoms with Crippen LogP contribution in [-0.4, -0.2) is 31.1 Å². The molecule has 5 nitrogen and oxygen atoms in total. The van der Waals surface area contributed by atoms with E-state index >= 15 is 0 Å². The molecule has 1 N–H and O–H groups in total. The molecule has 2 rings (SSSR count). The number of carboxylic acid groups (broad SMARTS) is 1. The first-order chi connectivity index (χ1) is 11.5. The summed E-state index contributed by atoms with van der Waals surface area (Å²) in [5, 5.41) is 9.17. The molecule has 0 aliphatic carbocycles. The number of rotatable bonds is 6. The number of halogens is 1. The van der Waals surface area contributed by atoms with E-state index < -0.39 is 5.97 Å². The van der Waals surface area contributed by atoms with Gasteiger partial charge in [-0.15, -0.1) is 0 Å². The fourth-order valence-electron chi connectivity index (χ4n) is 2.05. The lowest BCUT2D eigenvalue weighted by atomic mass is 10.1. The van der Waals surface area contributed by atoms with E-state index in [1.165, 1.54) is 38.5 Å². The van der Waals surface area contributed by atoms with Crippen molar-refractivity contribution in [3.8, 4) is 11.5 Å². The predicted octanol–water partition coefficient (Wildman–Crippen LogP) is 3.95. The molecule has 24 heavy (non-hydrogen) atoms. The monoisotopic (exact) mass is 346 g/mol. The van der Waals surface area contributed by atoms with Crippen molar-refractivity contribution in [3.63, 3.8) is 0 Å². The normalized spacial score (nSPS) is 10.6. The zero-order chi connectivity index (χ0) is 17.7. The lowest BCUT2D eigenvalue weighted by Gasteiger charge is -2.10. The fourth-order valence-corrected chi connectivity index (χ4v) is 2.29. The summed E-state index contributed by atoms with van der Waals surface area (Å²) < 4.78 is 10.3. The van der Waals surface area contributed by atoms with Crippen molar-refractivity contribution < 1.29 is 24.2 Å². The molecule has 0 radical (unpaired) electrons. The van der Waals surface area contributed by atoms with Crippen LogP contribution in [0.15, 0.2) is 42.5 Å². The molecule has 0 spiro atoms. The van der Waals surface area contributed by atoms with Crippen molar-refractivity contribution >= 4 is 29.4 Å². The number of aromatic carboxylic acids is 1. The van der Waals surface area contributed by atoms with Gasteiger partial charge in [0.25, 0.3) is 0 Å². The van der Waals surface area contributed by atoms with Crippen LogP contribution in [0.4, 0.5) is 0 Å². The molecule has 2 aromatic carbocycles. The van der Waals surface area contributed by atoms with Crippen molar-refractivity contribution in [1.82, 2.24) is 0 Å². The third kappa shape index (κ3) is 3.94. The van der Waals surface area contributed by atoms with Crippen LogP contribution in [0, 0.1) is 0 Å². The summed E-state index contributed by atoms with van der Waals surface area (Å²) in [6.07, 6.45) is 2.96. The van der Waals surface area contributed by atoms with Crippen LogP contribution >= 0.6 is 11.6 Å². The first kappa shape index (κ1) is 17.6. The van der Waals surface area contributed by atoms with Crippen molar-refractivity contribution in [2.45, 2.75) is 0 Å². The number of carbonyl (C=O) groups is 2. The highest BCUT2D eigenvalue weighted by Crippen LogP contribution is 2.33. The maximum absolute atomic E-state index is 12.4. The Morgan fingerprint density at radius 2 is 1.67 bits per heavy atom. The first-order valence-corrected chi connectivity index (χ1v) is 7.31. The van der Waals surface area contributed by atoms with Gasteiger partial charge in [0.15, 0.2) is 5.78 Å². The predicted molar refractivity (Wildman–Crippen MR) is 91.3 cm³/mol. The number of carbonyl (C=O) groups excluding carboxylic acids is 1. The Balaban J connectivity index is 2.25. The minimum Gasteiger partial charge on any atom is -0.496 e.